The van der Waals surface area contributed by atoms with Gasteiger partial charge in [-0.25, -0.2) is 0 Å². The van der Waals surface area contributed by atoms with Crippen LogP contribution < -0.4 is 0 Å². The van der Waals surface area contributed by atoms with E-state index in [4.69, 9.17) is 5.11 Å². The molecule has 0 saturated heterocycles. The smallest absolute Gasteiger partial charge is 0.303 e. The van der Waals surface area contributed by atoms with Gasteiger partial charge in [0.1, 0.15) is 5.69 Å². The summed E-state index contributed by atoms with van der Waals surface area (Å²) in [7, 11) is 1.70. The predicted octanol–water partition coefficient (Wildman–Crippen LogP) is 0.468. The molecule has 1 rings (SSSR count). The van der Waals surface area contributed by atoms with E-state index in [9.17, 15) is 9.59 Å². The molecule has 0 bridgehead atoms. The average Bonchev–Trinajstić information content (AvgIpc) is 2.47. The van der Waals surface area contributed by atoms with Gasteiger partial charge in [-0.15, -0.1) is 0 Å². The van der Waals surface area contributed by atoms with Crippen LogP contribution in [0.5, 0.6) is 0 Å². The molecule has 0 aliphatic heterocycles. The van der Waals surface area contributed by atoms with Crippen molar-refractivity contribution in [3.05, 3.63) is 18.0 Å². The first-order chi connectivity index (χ1) is 6.09. The molecule has 0 aliphatic carbocycles. The van der Waals surface area contributed by atoms with Gasteiger partial charge in [0.25, 0.3) is 0 Å². The molecule has 5 heteroatoms. The Morgan fingerprint density at radius 1 is 1.54 bits per heavy atom. The zero-order valence-corrected chi connectivity index (χ0v) is 7.23. The summed E-state index contributed by atoms with van der Waals surface area (Å²) in [5.74, 6) is -1.20. The maximum absolute atomic E-state index is 11.2. The molecule has 0 radical (unpaired) electrons. The molecule has 0 amide bonds. The first kappa shape index (κ1) is 9.44. The molecule has 0 saturated carbocycles. The highest BCUT2D eigenvalue weighted by molar-refractivity contribution is 5.95. The minimum Gasteiger partial charge on any atom is -0.481 e. The van der Waals surface area contributed by atoms with Crippen molar-refractivity contribution in [2.45, 2.75) is 12.8 Å². The SMILES string of the molecule is Cn1ccc(C(=O)CCC(=O)O)n1. The fourth-order valence-corrected chi connectivity index (χ4v) is 0.912. The van der Waals surface area contributed by atoms with Crippen LogP contribution in [0.1, 0.15) is 23.3 Å². The average molecular weight is 182 g/mol. The van der Waals surface area contributed by atoms with Crippen LogP contribution in [0.3, 0.4) is 0 Å². The van der Waals surface area contributed by atoms with Crippen molar-refractivity contribution in [2.75, 3.05) is 0 Å². The molecule has 0 aromatic carbocycles. The summed E-state index contributed by atoms with van der Waals surface area (Å²) in [6.45, 7) is 0. The molecule has 1 N–H and O–H groups in total. The van der Waals surface area contributed by atoms with Gasteiger partial charge in [0.05, 0.1) is 6.42 Å². The molecule has 70 valence electrons. The lowest BCUT2D eigenvalue weighted by molar-refractivity contribution is -0.136. The van der Waals surface area contributed by atoms with Crippen LogP contribution in [0.4, 0.5) is 0 Å². The number of carbonyl (C=O) groups is 2. The van der Waals surface area contributed by atoms with Gasteiger partial charge in [0, 0.05) is 19.7 Å². The van der Waals surface area contributed by atoms with Gasteiger partial charge in [0.2, 0.25) is 0 Å². The third kappa shape index (κ3) is 2.70. The standard InChI is InChI=1S/C8H10N2O3/c1-10-5-4-6(9-10)7(11)2-3-8(12)13/h4-5H,2-3H2,1H3,(H,12,13). The number of hydrogen-bond donors (Lipinski definition) is 1. The number of aliphatic carboxylic acids is 1. The van der Waals surface area contributed by atoms with Gasteiger partial charge in [0.15, 0.2) is 5.78 Å². The van der Waals surface area contributed by atoms with Crippen molar-refractivity contribution in [3.8, 4) is 0 Å². The number of hydrogen-bond acceptors (Lipinski definition) is 3. The number of carbonyl (C=O) groups excluding carboxylic acids is 1. The Labute approximate surface area is 75.0 Å². The number of aryl methyl sites for hydroxylation is 1. The zero-order valence-electron chi connectivity index (χ0n) is 7.23. The molecule has 0 aliphatic rings. The Hall–Kier alpha value is -1.65. The van der Waals surface area contributed by atoms with E-state index in [0.29, 0.717) is 5.69 Å². The highest BCUT2D eigenvalue weighted by Crippen LogP contribution is 2.01. The van der Waals surface area contributed by atoms with Gasteiger partial charge >= 0.3 is 5.97 Å². The largest absolute Gasteiger partial charge is 0.481 e. The van der Waals surface area contributed by atoms with E-state index in [2.05, 4.69) is 5.10 Å². The second-order valence-corrected chi connectivity index (χ2v) is 2.69. The van der Waals surface area contributed by atoms with E-state index >= 15 is 0 Å². The lowest BCUT2D eigenvalue weighted by atomic mass is 10.2. The number of ketones is 1. The summed E-state index contributed by atoms with van der Waals surface area (Å²) in [4.78, 5) is 21.4. The molecule has 1 aromatic rings. The second kappa shape index (κ2) is 3.84. The van der Waals surface area contributed by atoms with Gasteiger partial charge in [-0.2, -0.15) is 5.10 Å². The fraction of sp³-hybridized carbons (Fsp3) is 0.375. The zero-order chi connectivity index (χ0) is 9.84. The summed E-state index contributed by atoms with van der Waals surface area (Å²) < 4.78 is 1.51. The second-order valence-electron chi connectivity index (χ2n) is 2.69. The minimum absolute atomic E-state index is 0.00630. The van der Waals surface area contributed by atoms with E-state index in [1.165, 1.54) is 4.68 Å². The molecule has 1 aromatic heterocycles. The number of nitrogens with zero attached hydrogens (tertiary/aromatic N) is 2. The maximum Gasteiger partial charge on any atom is 0.303 e. The van der Waals surface area contributed by atoms with Gasteiger partial charge in [-0.05, 0) is 6.07 Å². The Morgan fingerprint density at radius 2 is 2.23 bits per heavy atom. The number of aromatic nitrogens is 2. The molecule has 0 spiro atoms. The minimum atomic E-state index is -0.968. The molecule has 0 unspecified atom stereocenters. The molecule has 0 atom stereocenters. The van der Waals surface area contributed by atoms with Crippen LogP contribution in [0.2, 0.25) is 0 Å². The van der Waals surface area contributed by atoms with E-state index in [0.717, 1.165) is 0 Å². The summed E-state index contributed by atoms with van der Waals surface area (Å²) in [6, 6.07) is 1.57. The highest BCUT2D eigenvalue weighted by atomic mass is 16.4. The lowest BCUT2D eigenvalue weighted by Crippen LogP contribution is -2.05. The fourth-order valence-electron chi connectivity index (χ4n) is 0.912. The van der Waals surface area contributed by atoms with Crippen LogP contribution in [-0.2, 0) is 11.8 Å². The van der Waals surface area contributed by atoms with Crippen LogP contribution in [-0.4, -0.2) is 26.6 Å². The Bertz CT molecular complexity index is 330. The summed E-state index contributed by atoms with van der Waals surface area (Å²) in [5.41, 5.74) is 0.323. The van der Waals surface area contributed by atoms with Gasteiger partial charge < -0.3 is 5.11 Å². The van der Waals surface area contributed by atoms with E-state index in [-0.39, 0.29) is 18.6 Å². The first-order valence-electron chi connectivity index (χ1n) is 3.84. The normalized spacial score (nSPS) is 9.92. The Morgan fingerprint density at radius 3 is 2.69 bits per heavy atom. The first-order valence-corrected chi connectivity index (χ1v) is 3.84. The van der Waals surface area contributed by atoms with Crippen LogP contribution in [0, 0.1) is 0 Å². The van der Waals surface area contributed by atoms with Crippen molar-refractivity contribution in [2.24, 2.45) is 7.05 Å². The van der Waals surface area contributed by atoms with Crippen LogP contribution in [0.25, 0.3) is 0 Å². The van der Waals surface area contributed by atoms with E-state index < -0.39 is 5.97 Å². The summed E-state index contributed by atoms with van der Waals surface area (Å²) in [5, 5.41) is 12.2. The number of carboxylic acid groups (broad SMARTS) is 1. The van der Waals surface area contributed by atoms with E-state index in [1.54, 1.807) is 19.3 Å². The monoisotopic (exact) mass is 182 g/mol. The van der Waals surface area contributed by atoms with Crippen LogP contribution >= 0.6 is 0 Å². The third-order valence-electron chi connectivity index (χ3n) is 1.57. The third-order valence-corrected chi connectivity index (χ3v) is 1.57. The Balaban J connectivity index is 2.54. The molecule has 5 nitrogen and oxygen atoms in total. The van der Waals surface area contributed by atoms with Crippen molar-refractivity contribution < 1.29 is 14.7 Å². The van der Waals surface area contributed by atoms with Gasteiger partial charge in [-0.3, -0.25) is 14.3 Å². The number of Topliss-reactive ketones (excluding diaryl/α,β-unsaturated/α-hetero) is 1. The molecular weight excluding hydrogens is 172 g/mol. The lowest BCUT2D eigenvalue weighted by Gasteiger charge is -1.92. The van der Waals surface area contributed by atoms with Crippen molar-refractivity contribution in [1.29, 1.82) is 0 Å². The Kier molecular flexibility index (Phi) is 2.79. The number of carboxylic acids is 1. The van der Waals surface area contributed by atoms with Gasteiger partial charge in [-0.1, -0.05) is 0 Å². The molecular formula is C8H10N2O3. The van der Waals surface area contributed by atoms with Crippen molar-refractivity contribution >= 4 is 11.8 Å². The van der Waals surface area contributed by atoms with Crippen LogP contribution in [0.15, 0.2) is 12.3 Å². The number of rotatable bonds is 4. The van der Waals surface area contributed by atoms with Crippen molar-refractivity contribution in [3.63, 3.8) is 0 Å². The predicted molar refractivity (Wildman–Crippen MR) is 44.4 cm³/mol. The summed E-state index contributed by atoms with van der Waals surface area (Å²) in [6.07, 6.45) is 1.51. The highest BCUT2D eigenvalue weighted by Gasteiger charge is 2.10. The maximum atomic E-state index is 11.2. The molecule has 13 heavy (non-hydrogen) atoms. The molecule has 1 heterocycles. The van der Waals surface area contributed by atoms with E-state index in [1.807, 2.05) is 0 Å². The topological polar surface area (TPSA) is 72.2 Å². The quantitative estimate of drug-likeness (QED) is 0.687. The summed E-state index contributed by atoms with van der Waals surface area (Å²) >= 11 is 0. The van der Waals surface area contributed by atoms with Crippen molar-refractivity contribution in [1.82, 2.24) is 9.78 Å². The molecule has 0 fully saturated rings.